The summed E-state index contributed by atoms with van der Waals surface area (Å²) in [7, 11) is 0. The summed E-state index contributed by atoms with van der Waals surface area (Å²) in [5.74, 6) is -0.195. The molecule has 0 spiro atoms. The fourth-order valence-electron chi connectivity index (χ4n) is 0.913. The van der Waals surface area contributed by atoms with E-state index in [0.29, 0.717) is 6.61 Å². The average Bonchev–Trinajstić information content (AvgIpc) is 2.57. The molecule has 72 valence electrons. The Morgan fingerprint density at radius 3 is 3.15 bits per heavy atom. The Kier molecular flexibility index (Phi) is 4.49. The maximum Gasteiger partial charge on any atom is 0.319 e. The fourth-order valence-corrected chi connectivity index (χ4v) is 1.59. The van der Waals surface area contributed by atoms with E-state index in [2.05, 4.69) is 5.32 Å². The van der Waals surface area contributed by atoms with Crippen molar-refractivity contribution in [2.75, 3.05) is 13.2 Å². The normalized spacial score (nSPS) is 9.92. The molecule has 0 fully saturated rings. The van der Waals surface area contributed by atoms with Gasteiger partial charge in [-0.2, -0.15) is 0 Å². The van der Waals surface area contributed by atoms with Gasteiger partial charge in [0.1, 0.15) is 0 Å². The van der Waals surface area contributed by atoms with E-state index in [0.717, 1.165) is 6.54 Å². The van der Waals surface area contributed by atoms with Gasteiger partial charge >= 0.3 is 5.97 Å². The van der Waals surface area contributed by atoms with Gasteiger partial charge in [0.2, 0.25) is 0 Å². The van der Waals surface area contributed by atoms with Gasteiger partial charge in [0.25, 0.3) is 0 Å². The van der Waals surface area contributed by atoms with Crippen LogP contribution in [0, 0.1) is 0 Å². The Bertz CT molecular complexity index is 246. The molecule has 1 rings (SSSR count). The first-order chi connectivity index (χ1) is 6.33. The number of rotatable bonds is 5. The molecule has 0 amide bonds. The topological polar surface area (TPSA) is 38.3 Å². The predicted octanol–water partition coefficient (Wildman–Crippen LogP) is 1.40. The minimum absolute atomic E-state index is 0.195. The van der Waals surface area contributed by atoms with Crippen molar-refractivity contribution in [1.29, 1.82) is 0 Å². The molecule has 0 aliphatic rings. The average molecular weight is 199 g/mol. The van der Waals surface area contributed by atoms with Gasteiger partial charge in [-0.15, -0.1) is 11.3 Å². The van der Waals surface area contributed by atoms with Gasteiger partial charge in [-0.3, -0.25) is 4.79 Å². The number of carbonyl (C=O) groups is 1. The SMILES string of the molecule is CCOC(=O)CNCc1cccs1. The number of hydrogen-bond acceptors (Lipinski definition) is 4. The fraction of sp³-hybridized carbons (Fsp3) is 0.444. The van der Waals surface area contributed by atoms with Crippen molar-refractivity contribution in [1.82, 2.24) is 5.32 Å². The minimum Gasteiger partial charge on any atom is -0.465 e. The predicted molar refractivity (Wildman–Crippen MR) is 52.7 cm³/mol. The molecule has 0 radical (unpaired) electrons. The Labute approximate surface area is 81.7 Å². The molecule has 0 aliphatic heterocycles. The highest BCUT2D eigenvalue weighted by Crippen LogP contribution is 2.06. The molecule has 0 aliphatic carbocycles. The van der Waals surface area contributed by atoms with Crippen LogP contribution < -0.4 is 5.32 Å². The summed E-state index contributed by atoms with van der Waals surface area (Å²) >= 11 is 1.67. The quantitative estimate of drug-likeness (QED) is 0.728. The molecule has 1 heterocycles. The van der Waals surface area contributed by atoms with E-state index >= 15 is 0 Å². The van der Waals surface area contributed by atoms with E-state index < -0.39 is 0 Å². The van der Waals surface area contributed by atoms with Crippen molar-refractivity contribution in [3.05, 3.63) is 22.4 Å². The largest absolute Gasteiger partial charge is 0.465 e. The van der Waals surface area contributed by atoms with Gasteiger partial charge in [-0.25, -0.2) is 0 Å². The van der Waals surface area contributed by atoms with Gasteiger partial charge in [-0.1, -0.05) is 6.07 Å². The van der Waals surface area contributed by atoms with Crippen molar-refractivity contribution >= 4 is 17.3 Å². The van der Waals surface area contributed by atoms with E-state index in [1.54, 1.807) is 18.3 Å². The molecule has 4 heteroatoms. The number of thiophene rings is 1. The Balaban J connectivity index is 2.11. The lowest BCUT2D eigenvalue weighted by Gasteiger charge is -2.02. The zero-order chi connectivity index (χ0) is 9.52. The maximum absolute atomic E-state index is 10.9. The molecule has 13 heavy (non-hydrogen) atoms. The molecule has 3 nitrogen and oxygen atoms in total. The molecule has 0 unspecified atom stereocenters. The molecule has 1 aromatic heterocycles. The lowest BCUT2D eigenvalue weighted by molar-refractivity contribution is -0.142. The maximum atomic E-state index is 10.9. The zero-order valence-electron chi connectivity index (χ0n) is 7.58. The molecule has 0 bridgehead atoms. The summed E-state index contributed by atoms with van der Waals surface area (Å²) in [6, 6.07) is 4.02. The van der Waals surface area contributed by atoms with Crippen LogP contribution in [0.2, 0.25) is 0 Å². The first-order valence-corrected chi connectivity index (χ1v) is 5.09. The zero-order valence-corrected chi connectivity index (χ0v) is 8.39. The van der Waals surface area contributed by atoms with E-state index in [1.807, 2.05) is 17.5 Å². The van der Waals surface area contributed by atoms with Gasteiger partial charge in [0, 0.05) is 11.4 Å². The van der Waals surface area contributed by atoms with Crippen LogP contribution in [0.1, 0.15) is 11.8 Å². The lowest BCUT2D eigenvalue weighted by Crippen LogP contribution is -2.23. The van der Waals surface area contributed by atoms with E-state index in [-0.39, 0.29) is 12.5 Å². The third-order valence-corrected chi connectivity index (χ3v) is 2.33. The first-order valence-electron chi connectivity index (χ1n) is 4.21. The number of hydrogen-bond donors (Lipinski definition) is 1. The molecule has 1 N–H and O–H groups in total. The summed E-state index contributed by atoms with van der Waals surface area (Å²) in [6.45, 7) is 3.26. The van der Waals surface area contributed by atoms with Crippen LogP contribution in [0.3, 0.4) is 0 Å². The Morgan fingerprint density at radius 1 is 1.69 bits per heavy atom. The van der Waals surface area contributed by atoms with Crippen LogP contribution in [0.4, 0.5) is 0 Å². The smallest absolute Gasteiger partial charge is 0.319 e. The molecule has 0 saturated carbocycles. The first kappa shape index (κ1) is 10.2. The van der Waals surface area contributed by atoms with Gasteiger partial charge in [-0.05, 0) is 18.4 Å². The van der Waals surface area contributed by atoms with Gasteiger partial charge < -0.3 is 10.1 Å². The second-order valence-corrected chi connectivity index (χ2v) is 3.52. The second-order valence-electron chi connectivity index (χ2n) is 2.49. The second kappa shape index (κ2) is 5.72. The number of ether oxygens (including phenoxy) is 1. The number of esters is 1. The Hall–Kier alpha value is -0.870. The van der Waals surface area contributed by atoms with Crippen molar-refractivity contribution in [2.24, 2.45) is 0 Å². The van der Waals surface area contributed by atoms with Gasteiger partial charge in [0.15, 0.2) is 0 Å². The lowest BCUT2D eigenvalue weighted by atomic mass is 10.4. The summed E-state index contributed by atoms with van der Waals surface area (Å²) in [5, 5.41) is 5.02. The molecule has 0 saturated heterocycles. The molecule has 1 aromatic rings. The van der Waals surface area contributed by atoms with E-state index in [9.17, 15) is 4.79 Å². The van der Waals surface area contributed by atoms with Crippen molar-refractivity contribution < 1.29 is 9.53 Å². The van der Waals surface area contributed by atoms with E-state index in [1.165, 1.54) is 4.88 Å². The van der Waals surface area contributed by atoms with Crippen LogP contribution in [0.15, 0.2) is 17.5 Å². The van der Waals surface area contributed by atoms with Crippen LogP contribution >= 0.6 is 11.3 Å². The van der Waals surface area contributed by atoms with Crippen molar-refractivity contribution in [3.63, 3.8) is 0 Å². The summed E-state index contributed by atoms with van der Waals surface area (Å²) in [4.78, 5) is 12.1. The van der Waals surface area contributed by atoms with E-state index in [4.69, 9.17) is 4.74 Å². The van der Waals surface area contributed by atoms with Crippen LogP contribution in [-0.4, -0.2) is 19.1 Å². The monoisotopic (exact) mass is 199 g/mol. The third kappa shape index (κ3) is 4.05. The summed E-state index contributed by atoms with van der Waals surface area (Å²) in [6.07, 6.45) is 0. The number of nitrogens with one attached hydrogen (secondary N) is 1. The highest BCUT2D eigenvalue weighted by molar-refractivity contribution is 7.09. The molecule has 0 atom stereocenters. The third-order valence-electron chi connectivity index (χ3n) is 1.45. The minimum atomic E-state index is -0.195. The highest BCUT2D eigenvalue weighted by Gasteiger charge is 2.00. The van der Waals surface area contributed by atoms with Crippen LogP contribution in [0.5, 0.6) is 0 Å². The Morgan fingerprint density at radius 2 is 2.54 bits per heavy atom. The van der Waals surface area contributed by atoms with Crippen molar-refractivity contribution in [3.8, 4) is 0 Å². The van der Waals surface area contributed by atoms with Crippen LogP contribution in [-0.2, 0) is 16.1 Å². The summed E-state index contributed by atoms with van der Waals surface area (Å²) in [5.41, 5.74) is 0. The standard InChI is InChI=1S/C9H13NO2S/c1-2-12-9(11)7-10-6-8-4-3-5-13-8/h3-5,10H,2,6-7H2,1H3. The van der Waals surface area contributed by atoms with Gasteiger partial charge in [0.05, 0.1) is 13.2 Å². The number of carbonyl (C=O) groups excluding carboxylic acids is 1. The summed E-state index contributed by atoms with van der Waals surface area (Å²) < 4.78 is 4.76. The van der Waals surface area contributed by atoms with Crippen LogP contribution in [0.25, 0.3) is 0 Å². The molecule has 0 aromatic carbocycles. The molecular weight excluding hydrogens is 186 g/mol. The van der Waals surface area contributed by atoms with Crippen molar-refractivity contribution in [2.45, 2.75) is 13.5 Å². The molecular formula is C9H13NO2S. The highest BCUT2D eigenvalue weighted by atomic mass is 32.1.